The Hall–Kier alpha value is -2.48. The van der Waals surface area contributed by atoms with Crippen molar-refractivity contribution in [3.63, 3.8) is 0 Å². The third-order valence-corrected chi connectivity index (χ3v) is 4.69. The molecule has 21 heavy (non-hydrogen) atoms. The molecule has 0 spiro atoms. The molecule has 1 aromatic carbocycles. The van der Waals surface area contributed by atoms with Gasteiger partial charge in [-0.3, -0.25) is 0 Å². The molecule has 2 aromatic heterocycles. The van der Waals surface area contributed by atoms with Crippen molar-refractivity contribution in [2.45, 2.75) is 18.3 Å². The van der Waals surface area contributed by atoms with Crippen molar-refractivity contribution < 1.29 is 8.83 Å². The molecule has 102 valence electrons. The summed E-state index contributed by atoms with van der Waals surface area (Å²) in [4.78, 5) is 0. The maximum Gasteiger partial charge on any atom is 0.134 e. The third-order valence-electron chi connectivity index (χ3n) is 4.69. The molecule has 3 aromatic rings. The second-order valence-corrected chi connectivity index (χ2v) is 5.78. The molecule has 0 saturated carbocycles. The Labute approximate surface area is 122 Å². The standard InChI is InChI=1S/C19H14O2/c1-3-16(20-9-1)14-7-8-15(17-4-2-10-21-17)19-13-6-5-12(11-13)18(14)19/h1-10,12-13H,11H2/t12-,13+. The average molecular weight is 274 g/mol. The molecule has 0 unspecified atom stereocenters. The zero-order valence-electron chi connectivity index (χ0n) is 11.5. The molecule has 5 rings (SSSR count). The van der Waals surface area contributed by atoms with E-state index in [-0.39, 0.29) is 0 Å². The van der Waals surface area contributed by atoms with Crippen LogP contribution < -0.4 is 0 Å². The van der Waals surface area contributed by atoms with Crippen LogP contribution in [0.25, 0.3) is 22.6 Å². The largest absolute Gasteiger partial charge is 0.464 e. The molecule has 0 saturated heterocycles. The average Bonchev–Trinajstić information content (AvgIpc) is 3.30. The molecule has 2 bridgehead atoms. The lowest BCUT2D eigenvalue weighted by Gasteiger charge is -2.17. The van der Waals surface area contributed by atoms with Crippen LogP contribution in [-0.2, 0) is 0 Å². The predicted molar refractivity (Wildman–Crippen MR) is 81.1 cm³/mol. The molecule has 2 nitrogen and oxygen atoms in total. The first-order valence-electron chi connectivity index (χ1n) is 7.34. The molecular formula is C19H14O2. The van der Waals surface area contributed by atoms with Crippen molar-refractivity contribution in [2.24, 2.45) is 0 Å². The van der Waals surface area contributed by atoms with E-state index in [0.29, 0.717) is 11.8 Å². The van der Waals surface area contributed by atoms with E-state index in [1.54, 1.807) is 12.5 Å². The Bertz CT molecular complexity index is 754. The van der Waals surface area contributed by atoms with Crippen LogP contribution >= 0.6 is 0 Å². The minimum Gasteiger partial charge on any atom is -0.464 e. The van der Waals surface area contributed by atoms with Crippen molar-refractivity contribution in [3.8, 4) is 22.6 Å². The normalized spacial score (nSPS) is 21.9. The summed E-state index contributed by atoms with van der Waals surface area (Å²) in [6, 6.07) is 12.3. The Morgan fingerprint density at radius 3 is 1.67 bits per heavy atom. The highest BCUT2D eigenvalue weighted by Crippen LogP contribution is 2.54. The second kappa shape index (κ2) is 4.01. The predicted octanol–water partition coefficient (Wildman–Crippen LogP) is 5.35. The van der Waals surface area contributed by atoms with Gasteiger partial charge in [0.1, 0.15) is 11.5 Å². The zero-order valence-corrected chi connectivity index (χ0v) is 11.5. The molecule has 0 fully saturated rings. The maximum atomic E-state index is 5.64. The van der Waals surface area contributed by atoms with Crippen LogP contribution in [0.3, 0.4) is 0 Å². The Morgan fingerprint density at radius 1 is 0.714 bits per heavy atom. The van der Waals surface area contributed by atoms with E-state index in [9.17, 15) is 0 Å². The van der Waals surface area contributed by atoms with Gasteiger partial charge in [-0.1, -0.05) is 24.3 Å². The van der Waals surface area contributed by atoms with Crippen LogP contribution in [0.2, 0.25) is 0 Å². The molecule has 0 amide bonds. The minimum atomic E-state index is 0.514. The molecule has 2 heteroatoms. The highest BCUT2D eigenvalue weighted by atomic mass is 16.3. The first-order valence-corrected chi connectivity index (χ1v) is 7.34. The van der Waals surface area contributed by atoms with E-state index in [2.05, 4.69) is 24.3 Å². The number of furan rings is 2. The summed E-state index contributed by atoms with van der Waals surface area (Å²) in [6.07, 6.45) is 9.34. The fraction of sp³-hybridized carbons (Fsp3) is 0.158. The van der Waals surface area contributed by atoms with Gasteiger partial charge in [-0.2, -0.15) is 0 Å². The number of rotatable bonds is 2. The first-order chi connectivity index (χ1) is 10.4. The van der Waals surface area contributed by atoms with Gasteiger partial charge in [-0.25, -0.2) is 0 Å². The second-order valence-electron chi connectivity index (χ2n) is 5.78. The van der Waals surface area contributed by atoms with Gasteiger partial charge in [-0.15, -0.1) is 0 Å². The fourth-order valence-corrected chi connectivity index (χ4v) is 3.86. The van der Waals surface area contributed by atoms with Gasteiger partial charge in [0.05, 0.1) is 12.5 Å². The SMILES string of the molecule is C1=C[C@H]2C[C@@H]1c1c(-c3ccco3)ccc(-c3ccco3)c12. The lowest BCUT2D eigenvalue weighted by molar-refractivity contribution is 0.579. The number of fused-ring (bicyclic) bond motifs is 5. The molecule has 2 heterocycles. The van der Waals surface area contributed by atoms with E-state index in [4.69, 9.17) is 8.83 Å². The lowest BCUT2D eigenvalue weighted by atomic mass is 9.87. The van der Waals surface area contributed by atoms with Gasteiger partial charge in [-0.05, 0) is 41.8 Å². The summed E-state index contributed by atoms with van der Waals surface area (Å²) in [6.45, 7) is 0. The highest BCUT2D eigenvalue weighted by Gasteiger charge is 2.37. The van der Waals surface area contributed by atoms with Crippen LogP contribution in [0.1, 0.15) is 29.4 Å². The summed E-state index contributed by atoms with van der Waals surface area (Å²) >= 11 is 0. The smallest absolute Gasteiger partial charge is 0.134 e. The molecule has 0 radical (unpaired) electrons. The van der Waals surface area contributed by atoms with Crippen LogP contribution in [0.5, 0.6) is 0 Å². The summed E-state index contributed by atoms with van der Waals surface area (Å²) in [5, 5.41) is 0. The van der Waals surface area contributed by atoms with Crippen molar-refractivity contribution in [1.29, 1.82) is 0 Å². The van der Waals surface area contributed by atoms with E-state index in [1.807, 2.05) is 24.3 Å². The molecule has 2 atom stereocenters. The number of benzene rings is 1. The fourth-order valence-electron chi connectivity index (χ4n) is 3.86. The monoisotopic (exact) mass is 274 g/mol. The van der Waals surface area contributed by atoms with E-state index in [1.165, 1.54) is 28.7 Å². The summed E-state index contributed by atoms with van der Waals surface area (Å²) in [7, 11) is 0. The van der Waals surface area contributed by atoms with Crippen molar-refractivity contribution >= 4 is 0 Å². The van der Waals surface area contributed by atoms with Crippen LogP contribution in [0.15, 0.2) is 69.9 Å². The highest BCUT2D eigenvalue weighted by molar-refractivity contribution is 5.78. The maximum absolute atomic E-state index is 5.64. The van der Waals surface area contributed by atoms with Gasteiger partial charge in [0, 0.05) is 23.0 Å². The van der Waals surface area contributed by atoms with Crippen LogP contribution in [-0.4, -0.2) is 0 Å². The number of allylic oxidation sites excluding steroid dienone is 2. The van der Waals surface area contributed by atoms with Gasteiger partial charge in [0.2, 0.25) is 0 Å². The van der Waals surface area contributed by atoms with Crippen LogP contribution in [0.4, 0.5) is 0 Å². The third kappa shape index (κ3) is 1.47. The Morgan fingerprint density at radius 2 is 1.24 bits per heavy atom. The molecule has 2 aliphatic rings. The van der Waals surface area contributed by atoms with Crippen molar-refractivity contribution in [2.75, 3.05) is 0 Å². The first kappa shape index (κ1) is 11.2. The number of hydrogen-bond donors (Lipinski definition) is 0. The van der Waals surface area contributed by atoms with Gasteiger partial charge < -0.3 is 8.83 Å². The van der Waals surface area contributed by atoms with E-state index < -0.39 is 0 Å². The lowest BCUT2D eigenvalue weighted by Crippen LogP contribution is -1.99. The van der Waals surface area contributed by atoms with Gasteiger partial charge in [0.25, 0.3) is 0 Å². The quantitative estimate of drug-likeness (QED) is 0.589. The topological polar surface area (TPSA) is 26.3 Å². The summed E-state index contributed by atoms with van der Waals surface area (Å²) in [5.41, 5.74) is 5.29. The van der Waals surface area contributed by atoms with E-state index in [0.717, 1.165) is 11.5 Å². The Balaban J connectivity index is 1.80. The van der Waals surface area contributed by atoms with Crippen molar-refractivity contribution in [1.82, 2.24) is 0 Å². The molecule has 2 aliphatic carbocycles. The minimum absolute atomic E-state index is 0.514. The van der Waals surface area contributed by atoms with Gasteiger partial charge >= 0.3 is 0 Å². The Kier molecular flexibility index (Phi) is 2.14. The molecule has 0 N–H and O–H groups in total. The number of hydrogen-bond acceptors (Lipinski definition) is 2. The van der Waals surface area contributed by atoms with Crippen LogP contribution in [0, 0.1) is 0 Å². The van der Waals surface area contributed by atoms with E-state index >= 15 is 0 Å². The summed E-state index contributed by atoms with van der Waals surface area (Å²) < 4.78 is 11.3. The molecular weight excluding hydrogens is 260 g/mol. The molecule has 0 aliphatic heterocycles. The zero-order chi connectivity index (χ0) is 13.8. The summed E-state index contributed by atoms with van der Waals surface area (Å²) in [5.74, 6) is 2.94. The van der Waals surface area contributed by atoms with Crippen molar-refractivity contribution in [3.05, 3.63) is 72.2 Å². The van der Waals surface area contributed by atoms with Gasteiger partial charge in [0.15, 0.2) is 0 Å².